The van der Waals surface area contributed by atoms with Gasteiger partial charge in [-0.3, -0.25) is 14.3 Å². The number of aromatic nitrogens is 2. The number of halogens is 7. The van der Waals surface area contributed by atoms with E-state index in [-0.39, 0.29) is 61.9 Å². The van der Waals surface area contributed by atoms with E-state index >= 15 is 0 Å². The van der Waals surface area contributed by atoms with Crippen LogP contribution in [0.1, 0.15) is 22.0 Å². The van der Waals surface area contributed by atoms with Crippen LogP contribution in [0.2, 0.25) is 10.0 Å². The third-order valence-corrected chi connectivity index (χ3v) is 7.00. The molecule has 1 unspecified atom stereocenters. The van der Waals surface area contributed by atoms with Crippen molar-refractivity contribution in [2.75, 3.05) is 44.2 Å². The zero-order valence-electron chi connectivity index (χ0n) is 21.3. The monoisotopic (exact) mass is 663 g/mol. The first-order chi connectivity index (χ1) is 16.8. The molecule has 0 spiro atoms. The standard InChI is InChI=1S/C25H28Cl2FN5O2.4ClH/c1-16-24(30-17(2)33(16)21-8-4-3-7-20(21)28)25(35)29-14-18(34)15-31-10-12-32(13-11-31)22-9-5-6-19(26)23(22)27;;;;/h3-9,18,34H,10-15H2,1-2H3,(H,29,35);4*1H. The first-order valence-electron chi connectivity index (χ1n) is 11.4. The molecule has 1 aromatic heterocycles. The van der Waals surface area contributed by atoms with Crippen molar-refractivity contribution in [2.24, 2.45) is 0 Å². The first kappa shape index (κ1) is 37.5. The SMILES string of the molecule is Cc1nc(C(=O)NCC(O)CN2CCN(c3cccc(Cl)c3Cl)CC2)c(C)n1-c1ccccc1F.Cl.Cl.Cl.Cl. The molecule has 2 N–H and O–H groups in total. The summed E-state index contributed by atoms with van der Waals surface area (Å²) in [7, 11) is 0. The molecule has 0 aliphatic carbocycles. The van der Waals surface area contributed by atoms with E-state index in [1.807, 2.05) is 12.1 Å². The number of amides is 1. The molecule has 1 saturated heterocycles. The highest BCUT2D eigenvalue weighted by Gasteiger charge is 2.23. The number of benzene rings is 2. The Hall–Kier alpha value is -1.49. The lowest BCUT2D eigenvalue weighted by molar-refractivity contribution is 0.0847. The van der Waals surface area contributed by atoms with Gasteiger partial charge < -0.3 is 15.3 Å². The Morgan fingerprint density at radius 1 is 1.00 bits per heavy atom. The lowest BCUT2D eigenvalue weighted by atomic mass is 10.2. The second-order valence-electron chi connectivity index (χ2n) is 8.60. The summed E-state index contributed by atoms with van der Waals surface area (Å²) in [5.41, 5.74) is 2.00. The molecule has 1 atom stereocenters. The fourth-order valence-corrected chi connectivity index (χ4v) is 4.82. The first-order valence-corrected chi connectivity index (χ1v) is 12.2. The number of nitrogens with zero attached hydrogens (tertiary/aromatic N) is 4. The molecule has 7 nitrogen and oxygen atoms in total. The molecule has 218 valence electrons. The number of para-hydroxylation sites is 1. The molecule has 2 heterocycles. The molecular weight excluding hydrogens is 634 g/mol. The van der Waals surface area contributed by atoms with Crippen LogP contribution in [0.3, 0.4) is 0 Å². The topological polar surface area (TPSA) is 73.6 Å². The van der Waals surface area contributed by atoms with Crippen LogP contribution in [-0.2, 0) is 0 Å². The predicted molar refractivity (Wildman–Crippen MR) is 165 cm³/mol. The van der Waals surface area contributed by atoms with Gasteiger partial charge in [0.15, 0.2) is 0 Å². The molecule has 2 aromatic carbocycles. The number of anilines is 1. The number of hydrogen-bond acceptors (Lipinski definition) is 5. The number of carbonyl (C=O) groups excluding carboxylic acids is 1. The maximum atomic E-state index is 14.3. The van der Waals surface area contributed by atoms with Gasteiger partial charge in [-0.25, -0.2) is 9.37 Å². The van der Waals surface area contributed by atoms with E-state index in [0.717, 1.165) is 31.9 Å². The van der Waals surface area contributed by atoms with E-state index in [9.17, 15) is 14.3 Å². The third-order valence-electron chi connectivity index (χ3n) is 6.20. The van der Waals surface area contributed by atoms with Gasteiger partial charge in [0.25, 0.3) is 5.91 Å². The second kappa shape index (κ2) is 16.7. The van der Waals surface area contributed by atoms with E-state index in [0.29, 0.717) is 33.8 Å². The van der Waals surface area contributed by atoms with Crippen molar-refractivity contribution in [1.29, 1.82) is 0 Å². The normalized spacial score (nSPS) is 13.7. The molecule has 3 aromatic rings. The molecule has 0 bridgehead atoms. The zero-order valence-corrected chi connectivity index (χ0v) is 26.1. The van der Waals surface area contributed by atoms with Gasteiger partial charge in [-0.1, -0.05) is 41.4 Å². The van der Waals surface area contributed by atoms with Gasteiger partial charge in [0.05, 0.1) is 33.2 Å². The molecule has 1 fully saturated rings. The summed E-state index contributed by atoms with van der Waals surface area (Å²) in [5.74, 6) is -0.285. The largest absolute Gasteiger partial charge is 0.390 e. The minimum absolute atomic E-state index is 0. The van der Waals surface area contributed by atoms with Gasteiger partial charge in [-0.2, -0.15) is 0 Å². The summed E-state index contributed by atoms with van der Waals surface area (Å²) < 4.78 is 15.9. The van der Waals surface area contributed by atoms with Gasteiger partial charge in [0.2, 0.25) is 0 Å². The maximum absolute atomic E-state index is 14.3. The van der Waals surface area contributed by atoms with Crippen molar-refractivity contribution in [1.82, 2.24) is 19.8 Å². The molecule has 0 saturated carbocycles. The van der Waals surface area contributed by atoms with Crippen molar-refractivity contribution in [3.63, 3.8) is 0 Å². The highest BCUT2D eigenvalue weighted by atomic mass is 35.5. The number of nitrogens with one attached hydrogen (secondary N) is 1. The van der Waals surface area contributed by atoms with Crippen molar-refractivity contribution in [3.8, 4) is 5.69 Å². The Morgan fingerprint density at radius 3 is 2.26 bits per heavy atom. The highest BCUT2D eigenvalue weighted by Crippen LogP contribution is 2.32. The number of imidazole rings is 1. The molecule has 1 aliphatic rings. The summed E-state index contributed by atoms with van der Waals surface area (Å²) in [6.07, 6.45) is -0.740. The number of hydrogen-bond donors (Lipinski definition) is 2. The number of carbonyl (C=O) groups is 1. The summed E-state index contributed by atoms with van der Waals surface area (Å²) in [6.45, 7) is 6.97. The molecule has 0 radical (unpaired) electrons. The molecule has 39 heavy (non-hydrogen) atoms. The molecule has 14 heteroatoms. The minimum atomic E-state index is -0.740. The molecule has 1 aliphatic heterocycles. The summed E-state index contributed by atoms with van der Waals surface area (Å²) >= 11 is 12.5. The minimum Gasteiger partial charge on any atom is -0.390 e. The third kappa shape index (κ3) is 8.75. The van der Waals surface area contributed by atoms with Crippen LogP contribution in [0.15, 0.2) is 42.5 Å². The Balaban J connectivity index is 0.00000361. The van der Waals surface area contributed by atoms with E-state index in [2.05, 4.69) is 20.1 Å². The quantitative estimate of drug-likeness (QED) is 0.347. The fourth-order valence-electron chi connectivity index (χ4n) is 4.41. The van der Waals surface area contributed by atoms with Crippen molar-refractivity contribution in [2.45, 2.75) is 20.0 Å². The predicted octanol–water partition coefficient (Wildman–Crippen LogP) is 5.54. The van der Waals surface area contributed by atoms with Crippen LogP contribution in [-0.4, -0.2) is 70.8 Å². The number of β-amino-alcohol motifs (C(OH)–C–C–N with tert-alkyl or cyclic N) is 1. The van der Waals surface area contributed by atoms with E-state index in [4.69, 9.17) is 23.2 Å². The molecular formula is C25H32Cl6FN5O2. The van der Waals surface area contributed by atoms with Gasteiger partial charge in [-0.05, 0) is 38.1 Å². The van der Waals surface area contributed by atoms with E-state index < -0.39 is 17.8 Å². The summed E-state index contributed by atoms with van der Waals surface area (Å²) in [4.78, 5) is 21.4. The van der Waals surface area contributed by atoms with Crippen LogP contribution in [0.4, 0.5) is 10.1 Å². The Morgan fingerprint density at radius 2 is 1.62 bits per heavy atom. The van der Waals surface area contributed by atoms with Gasteiger partial charge >= 0.3 is 0 Å². The number of rotatable bonds is 7. The smallest absolute Gasteiger partial charge is 0.271 e. The zero-order chi connectivity index (χ0) is 25.1. The van der Waals surface area contributed by atoms with Crippen molar-refractivity contribution in [3.05, 3.63) is 75.5 Å². The lowest BCUT2D eigenvalue weighted by Gasteiger charge is -2.37. The van der Waals surface area contributed by atoms with Crippen LogP contribution >= 0.6 is 72.8 Å². The van der Waals surface area contributed by atoms with Gasteiger partial charge in [0, 0.05) is 39.3 Å². The van der Waals surface area contributed by atoms with E-state index in [1.54, 1.807) is 42.7 Å². The Labute approximate surface area is 262 Å². The van der Waals surface area contributed by atoms with E-state index in [1.165, 1.54) is 6.07 Å². The fraction of sp³-hybridized carbons (Fsp3) is 0.360. The molecule has 4 rings (SSSR count). The Bertz CT molecular complexity index is 1220. The summed E-state index contributed by atoms with van der Waals surface area (Å²) in [5, 5.41) is 14.4. The summed E-state index contributed by atoms with van der Waals surface area (Å²) in [6, 6.07) is 12.0. The lowest BCUT2D eigenvalue weighted by Crippen LogP contribution is -2.50. The number of piperazine rings is 1. The number of aryl methyl sites for hydroxylation is 1. The highest BCUT2D eigenvalue weighted by molar-refractivity contribution is 6.43. The average Bonchev–Trinajstić information content (AvgIpc) is 3.14. The molecule has 1 amide bonds. The maximum Gasteiger partial charge on any atom is 0.271 e. The average molecular weight is 666 g/mol. The van der Waals surface area contributed by atoms with Crippen LogP contribution in [0.5, 0.6) is 0 Å². The van der Waals surface area contributed by atoms with Gasteiger partial charge in [-0.15, -0.1) is 49.6 Å². The number of aliphatic hydroxyl groups excluding tert-OH is 1. The number of aliphatic hydroxyl groups is 1. The van der Waals surface area contributed by atoms with Gasteiger partial charge in [0.1, 0.15) is 17.3 Å². The van der Waals surface area contributed by atoms with Crippen LogP contribution < -0.4 is 10.2 Å². The van der Waals surface area contributed by atoms with Crippen LogP contribution in [0.25, 0.3) is 5.69 Å². The second-order valence-corrected chi connectivity index (χ2v) is 9.39. The van der Waals surface area contributed by atoms with Crippen molar-refractivity contribution < 1.29 is 14.3 Å². The van der Waals surface area contributed by atoms with Crippen LogP contribution in [0, 0.1) is 19.7 Å². The Kier molecular flexibility index (Phi) is 16.1. The van der Waals surface area contributed by atoms with Crippen molar-refractivity contribution >= 4 is 84.4 Å².